The first-order valence-corrected chi connectivity index (χ1v) is 10.1. The van der Waals surface area contributed by atoms with Gasteiger partial charge in [-0.2, -0.15) is 9.78 Å². The van der Waals surface area contributed by atoms with Crippen LogP contribution in [0, 0.1) is 12.7 Å². The van der Waals surface area contributed by atoms with Crippen LogP contribution in [-0.2, 0) is 9.59 Å². The van der Waals surface area contributed by atoms with Crippen molar-refractivity contribution in [3.8, 4) is 5.69 Å². The molecule has 4 rings (SSSR count). The largest absolute Gasteiger partial charge is 0.332 e. The van der Waals surface area contributed by atoms with Gasteiger partial charge < -0.3 is 10.6 Å². The molecule has 7 nitrogen and oxygen atoms in total. The van der Waals surface area contributed by atoms with Gasteiger partial charge in [0.15, 0.2) is 0 Å². The zero-order valence-electron chi connectivity index (χ0n) is 16.9. The number of anilines is 1. The number of carbonyl (C=O) groups is 2. The van der Waals surface area contributed by atoms with Crippen LogP contribution in [0.5, 0.6) is 0 Å². The fourth-order valence-corrected chi connectivity index (χ4v) is 3.82. The molecule has 0 fully saturated rings. The van der Waals surface area contributed by atoms with E-state index in [0.29, 0.717) is 33.1 Å². The van der Waals surface area contributed by atoms with E-state index < -0.39 is 17.6 Å². The van der Waals surface area contributed by atoms with Gasteiger partial charge in [0.1, 0.15) is 5.82 Å². The lowest BCUT2D eigenvalue weighted by molar-refractivity contribution is -0.121. The number of nitrogens with one attached hydrogen (secondary N) is 2. The molecule has 32 heavy (non-hydrogen) atoms. The minimum absolute atomic E-state index is 0.0546. The van der Waals surface area contributed by atoms with E-state index in [2.05, 4.69) is 15.7 Å². The molecule has 0 saturated heterocycles. The fourth-order valence-electron chi connectivity index (χ4n) is 3.52. The quantitative estimate of drug-likeness (QED) is 0.634. The molecule has 0 radical (unpaired) electrons. The predicted octanol–water partition coefficient (Wildman–Crippen LogP) is 3.46. The lowest BCUT2D eigenvalue weighted by Crippen LogP contribution is -2.32. The Hall–Kier alpha value is -3.78. The van der Waals surface area contributed by atoms with E-state index in [9.17, 15) is 18.8 Å². The number of amides is 2. The number of hydrogen-bond acceptors (Lipinski definition) is 4. The monoisotopic (exact) mass is 452 g/mol. The third-order valence-electron chi connectivity index (χ3n) is 5.17. The Labute approximate surface area is 187 Å². The lowest BCUT2D eigenvalue weighted by atomic mass is 9.86. The van der Waals surface area contributed by atoms with Crippen LogP contribution in [0.3, 0.4) is 0 Å². The summed E-state index contributed by atoms with van der Waals surface area (Å²) in [4.78, 5) is 37.3. The molecular formula is C23H18ClFN4O3. The molecule has 0 spiro atoms. The molecule has 1 aromatic heterocycles. The Bertz CT molecular complexity index is 1300. The van der Waals surface area contributed by atoms with Crippen LogP contribution >= 0.6 is 11.6 Å². The minimum atomic E-state index is -0.533. The number of aryl methyl sites for hydroxylation is 1. The highest BCUT2D eigenvalue weighted by Crippen LogP contribution is 2.32. The Kier molecular flexibility index (Phi) is 5.87. The molecule has 0 unspecified atom stereocenters. The Morgan fingerprint density at radius 2 is 1.97 bits per heavy atom. The van der Waals surface area contributed by atoms with Crippen LogP contribution in [0.2, 0.25) is 5.02 Å². The highest BCUT2D eigenvalue weighted by atomic mass is 35.5. The van der Waals surface area contributed by atoms with Crippen molar-refractivity contribution in [2.45, 2.75) is 19.3 Å². The number of benzene rings is 2. The molecule has 2 aromatic carbocycles. The summed E-state index contributed by atoms with van der Waals surface area (Å²) in [5.74, 6) is -1.62. The van der Waals surface area contributed by atoms with E-state index >= 15 is 0 Å². The molecule has 9 heteroatoms. The SMILES string of the molecule is Cc1cc(Cl)c(-n2ncccc2=O)cc1NC(=O)C1=CNC(=O)C[C@H]1c1ccc(F)cc1. The summed E-state index contributed by atoms with van der Waals surface area (Å²) in [6.45, 7) is 1.76. The number of halogens is 2. The smallest absolute Gasteiger partial charge is 0.271 e. The van der Waals surface area contributed by atoms with Crippen molar-refractivity contribution in [3.63, 3.8) is 0 Å². The average Bonchev–Trinajstić information content (AvgIpc) is 2.76. The van der Waals surface area contributed by atoms with Gasteiger partial charge in [-0.3, -0.25) is 14.4 Å². The van der Waals surface area contributed by atoms with Gasteiger partial charge in [0.2, 0.25) is 5.91 Å². The van der Waals surface area contributed by atoms with Gasteiger partial charge in [-0.05, 0) is 48.4 Å². The maximum Gasteiger partial charge on any atom is 0.271 e. The average molecular weight is 453 g/mol. The summed E-state index contributed by atoms with van der Waals surface area (Å²) in [6.07, 6.45) is 2.88. The first kappa shape index (κ1) is 21.5. The van der Waals surface area contributed by atoms with Gasteiger partial charge >= 0.3 is 0 Å². The zero-order chi connectivity index (χ0) is 22.8. The molecule has 2 amide bonds. The highest BCUT2D eigenvalue weighted by molar-refractivity contribution is 6.32. The number of aromatic nitrogens is 2. The summed E-state index contributed by atoms with van der Waals surface area (Å²) in [5.41, 5.74) is 2.03. The molecule has 2 N–H and O–H groups in total. The van der Waals surface area contributed by atoms with Crippen LogP contribution in [-0.4, -0.2) is 21.6 Å². The number of carbonyl (C=O) groups excluding carboxylic acids is 2. The van der Waals surface area contributed by atoms with E-state index in [4.69, 9.17) is 11.6 Å². The molecule has 0 saturated carbocycles. The number of nitrogens with zero attached hydrogens (tertiary/aromatic N) is 2. The van der Waals surface area contributed by atoms with E-state index in [-0.39, 0.29) is 17.9 Å². The van der Waals surface area contributed by atoms with Crippen molar-refractivity contribution in [2.75, 3.05) is 5.32 Å². The normalized spacial score (nSPS) is 15.7. The van der Waals surface area contributed by atoms with Crippen molar-refractivity contribution in [3.05, 3.63) is 98.8 Å². The molecule has 1 atom stereocenters. The van der Waals surface area contributed by atoms with Crippen molar-refractivity contribution in [1.29, 1.82) is 0 Å². The van der Waals surface area contributed by atoms with Crippen LogP contribution in [0.25, 0.3) is 5.69 Å². The van der Waals surface area contributed by atoms with Gasteiger partial charge in [0.05, 0.1) is 10.7 Å². The molecule has 1 aliphatic rings. The van der Waals surface area contributed by atoms with E-state index in [1.165, 1.54) is 36.7 Å². The van der Waals surface area contributed by atoms with Crippen molar-refractivity contribution >= 4 is 29.1 Å². The molecule has 162 valence electrons. The van der Waals surface area contributed by atoms with Gasteiger partial charge in [0.25, 0.3) is 11.5 Å². The Balaban J connectivity index is 1.67. The third kappa shape index (κ3) is 4.31. The molecular weight excluding hydrogens is 435 g/mol. The van der Waals surface area contributed by atoms with Crippen LogP contribution in [0.1, 0.15) is 23.5 Å². The van der Waals surface area contributed by atoms with Gasteiger partial charge in [-0.15, -0.1) is 0 Å². The highest BCUT2D eigenvalue weighted by Gasteiger charge is 2.29. The topological polar surface area (TPSA) is 93.1 Å². The summed E-state index contributed by atoms with van der Waals surface area (Å²) in [5, 5.41) is 9.73. The first-order valence-electron chi connectivity index (χ1n) is 9.74. The summed E-state index contributed by atoms with van der Waals surface area (Å²) in [6, 6.07) is 11.8. The second-order valence-corrected chi connectivity index (χ2v) is 7.73. The second kappa shape index (κ2) is 8.76. The van der Waals surface area contributed by atoms with Crippen LogP contribution in [0.4, 0.5) is 10.1 Å². The van der Waals surface area contributed by atoms with Crippen LogP contribution in [0.15, 0.2) is 71.3 Å². The lowest BCUT2D eigenvalue weighted by Gasteiger charge is -2.24. The molecule has 0 aliphatic carbocycles. The standard InChI is InChI=1S/C23H18ClFN4O3/c1-13-9-18(24)20(29-22(31)3-2-8-27-29)11-19(13)28-23(32)17-12-26-21(30)10-16(17)14-4-6-15(25)7-5-14/h2-9,11-12,16H,10H2,1H3,(H,26,30)(H,28,32)/t16-/m0/s1. The van der Waals surface area contributed by atoms with E-state index in [1.807, 2.05) is 0 Å². The van der Waals surface area contributed by atoms with Gasteiger partial charge in [-0.1, -0.05) is 23.7 Å². The number of hydrogen-bond donors (Lipinski definition) is 2. The zero-order valence-corrected chi connectivity index (χ0v) is 17.7. The summed E-state index contributed by atoms with van der Waals surface area (Å²) < 4.78 is 14.5. The molecule has 0 bridgehead atoms. The second-order valence-electron chi connectivity index (χ2n) is 7.32. The molecule has 3 aromatic rings. The van der Waals surface area contributed by atoms with Gasteiger partial charge in [0, 0.05) is 42.1 Å². The van der Waals surface area contributed by atoms with Crippen LogP contribution < -0.4 is 16.2 Å². The third-order valence-corrected chi connectivity index (χ3v) is 5.48. The van der Waals surface area contributed by atoms with Gasteiger partial charge in [-0.25, -0.2) is 4.39 Å². The number of rotatable bonds is 4. The van der Waals surface area contributed by atoms with E-state index in [1.54, 1.807) is 31.2 Å². The molecule has 2 heterocycles. The minimum Gasteiger partial charge on any atom is -0.332 e. The Morgan fingerprint density at radius 1 is 1.22 bits per heavy atom. The van der Waals surface area contributed by atoms with E-state index in [0.717, 1.165) is 4.68 Å². The Morgan fingerprint density at radius 3 is 2.69 bits per heavy atom. The van der Waals surface area contributed by atoms with Crippen molar-refractivity contribution in [1.82, 2.24) is 15.1 Å². The molecule has 1 aliphatic heterocycles. The first-order chi connectivity index (χ1) is 15.3. The maximum atomic E-state index is 13.3. The summed E-state index contributed by atoms with van der Waals surface area (Å²) >= 11 is 6.32. The maximum absolute atomic E-state index is 13.3. The fraction of sp³-hybridized carbons (Fsp3) is 0.130. The summed E-state index contributed by atoms with van der Waals surface area (Å²) in [7, 11) is 0. The van der Waals surface area contributed by atoms with Crippen molar-refractivity contribution in [2.24, 2.45) is 0 Å². The van der Waals surface area contributed by atoms with Crippen molar-refractivity contribution < 1.29 is 14.0 Å². The predicted molar refractivity (Wildman–Crippen MR) is 118 cm³/mol.